The van der Waals surface area contributed by atoms with Crippen LogP contribution in [-0.4, -0.2) is 36.1 Å². The highest BCUT2D eigenvalue weighted by Gasteiger charge is 2.34. The summed E-state index contributed by atoms with van der Waals surface area (Å²) in [6, 6.07) is 4.54. The Morgan fingerprint density at radius 1 is 0.633 bits per heavy atom. The molecule has 4 unspecified atom stereocenters. The lowest BCUT2D eigenvalue weighted by atomic mass is 9.84. The molecule has 5 heterocycles. The Bertz CT molecular complexity index is 1220. The zero-order valence-electron chi connectivity index (χ0n) is 16.1. The zero-order valence-corrected chi connectivity index (χ0v) is 16.1. The maximum Gasteiger partial charge on any atom is 0.140 e. The first-order chi connectivity index (χ1) is 14.8. The van der Waals surface area contributed by atoms with Crippen molar-refractivity contribution in [1.82, 2.24) is 10.6 Å². The number of benzene rings is 1. The molecule has 0 saturated carbocycles. The van der Waals surface area contributed by atoms with Crippen LogP contribution in [0, 0.1) is 0 Å². The third-order valence-electron chi connectivity index (χ3n) is 6.33. The van der Waals surface area contributed by atoms with Crippen molar-refractivity contribution in [2.45, 2.75) is 24.4 Å². The van der Waals surface area contributed by atoms with Gasteiger partial charge in [0.1, 0.15) is 24.0 Å². The molecule has 4 N–H and O–H groups in total. The van der Waals surface area contributed by atoms with E-state index in [9.17, 15) is 0 Å². The maximum absolute atomic E-state index is 4.95. The van der Waals surface area contributed by atoms with Crippen LogP contribution in [0.2, 0.25) is 0 Å². The fourth-order valence-electron chi connectivity index (χ4n) is 4.83. The molecule has 6 nitrogen and oxygen atoms in total. The molecule has 0 aromatic heterocycles. The summed E-state index contributed by atoms with van der Waals surface area (Å²) in [5.74, 6) is 1.73. The van der Waals surface area contributed by atoms with E-state index in [0.29, 0.717) is 0 Å². The van der Waals surface area contributed by atoms with Crippen LogP contribution >= 0.6 is 0 Å². The summed E-state index contributed by atoms with van der Waals surface area (Å²) < 4.78 is 0. The molecule has 0 saturated heterocycles. The molecular formula is C24H20N6. The van der Waals surface area contributed by atoms with Crippen molar-refractivity contribution in [2.75, 3.05) is 10.6 Å². The Morgan fingerprint density at radius 2 is 1.40 bits per heavy atom. The second-order valence-corrected chi connectivity index (χ2v) is 8.17. The van der Waals surface area contributed by atoms with Gasteiger partial charge in [-0.1, -0.05) is 42.5 Å². The van der Waals surface area contributed by atoms with Gasteiger partial charge >= 0.3 is 0 Å². The van der Waals surface area contributed by atoms with Gasteiger partial charge in [-0.3, -0.25) is 5.32 Å². The maximum atomic E-state index is 4.95. The molecule has 5 aliphatic heterocycles. The SMILES string of the molecule is C1=C/C2=N/C3C=Cc4ccc5c(c4N3)N/C(=N\C3C=CC4=CC=C1C(N2)C4N3)C=C5. The number of rotatable bonds is 0. The molecule has 0 amide bonds. The predicted molar refractivity (Wildman–Crippen MR) is 122 cm³/mol. The van der Waals surface area contributed by atoms with Crippen molar-refractivity contribution >= 4 is 35.2 Å². The first kappa shape index (κ1) is 16.2. The van der Waals surface area contributed by atoms with Gasteiger partial charge in [0.05, 0.1) is 23.5 Å². The predicted octanol–water partition coefficient (Wildman–Crippen LogP) is 2.95. The van der Waals surface area contributed by atoms with Gasteiger partial charge in [0.25, 0.3) is 0 Å². The second kappa shape index (κ2) is 5.93. The van der Waals surface area contributed by atoms with E-state index < -0.39 is 0 Å². The molecular weight excluding hydrogens is 372 g/mol. The number of hydrogen-bond acceptors (Lipinski definition) is 6. The molecule has 0 radical (unpaired) electrons. The highest BCUT2D eigenvalue weighted by molar-refractivity contribution is 6.13. The van der Waals surface area contributed by atoms with Crippen LogP contribution in [0.4, 0.5) is 11.4 Å². The van der Waals surface area contributed by atoms with E-state index in [2.05, 4.69) is 88.1 Å². The van der Waals surface area contributed by atoms with Crippen LogP contribution < -0.4 is 21.3 Å². The average molecular weight is 392 g/mol. The molecule has 0 fully saturated rings. The summed E-state index contributed by atoms with van der Waals surface area (Å²) in [7, 11) is 0. The molecule has 1 aromatic rings. The fraction of sp³-hybridized carbons (Fsp3) is 0.167. The molecule has 1 aliphatic carbocycles. The van der Waals surface area contributed by atoms with Gasteiger partial charge in [-0.25, -0.2) is 9.98 Å². The number of aliphatic imine (C=N–C) groups is 2. The summed E-state index contributed by atoms with van der Waals surface area (Å²) in [6.45, 7) is 0. The number of fused-ring (bicyclic) bond motifs is 4. The summed E-state index contributed by atoms with van der Waals surface area (Å²) in [6.07, 6.45) is 21.1. The lowest BCUT2D eigenvalue weighted by Crippen LogP contribution is -2.57. The highest BCUT2D eigenvalue weighted by Crippen LogP contribution is 2.37. The quantitative estimate of drug-likeness (QED) is 0.548. The molecule has 4 atom stereocenters. The van der Waals surface area contributed by atoms with E-state index in [0.717, 1.165) is 34.2 Å². The summed E-state index contributed by atoms with van der Waals surface area (Å²) in [4.78, 5) is 9.91. The lowest BCUT2D eigenvalue weighted by molar-refractivity contribution is 0.448. The number of nitrogens with zero attached hydrogens (tertiary/aromatic N) is 2. The summed E-state index contributed by atoms with van der Waals surface area (Å²) in [5.41, 5.74) is 6.91. The van der Waals surface area contributed by atoms with Crippen LogP contribution in [0.15, 0.2) is 81.9 Å². The molecule has 6 heteroatoms. The third kappa shape index (κ3) is 2.40. The lowest BCUT2D eigenvalue weighted by Gasteiger charge is -2.39. The molecule has 1 aromatic carbocycles. The van der Waals surface area contributed by atoms with Crippen LogP contribution in [-0.2, 0) is 0 Å². The summed E-state index contributed by atoms with van der Waals surface area (Å²) >= 11 is 0. The number of anilines is 2. The average Bonchev–Trinajstić information content (AvgIpc) is 2.78. The minimum Gasteiger partial charge on any atom is -0.362 e. The van der Waals surface area contributed by atoms with Crippen LogP contribution in [0.1, 0.15) is 11.1 Å². The van der Waals surface area contributed by atoms with E-state index in [1.165, 1.54) is 11.1 Å². The molecule has 7 rings (SSSR count). The zero-order chi connectivity index (χ0) is 19.7. The monoisotopic (exact) mass is 392 g/mol. The van der Waals surface area contributed by atoms with E-state index in [1.807, 2.05) is 6.08 Å². The molecule has 6 aliphatic rings. The van der Waals surface area contributed by atoms with Crippen molar-refractivity contribution in [3.63, 3.8) is 0 Å². The number of amidine groups is 2. The molecule has 146 valence electrons. The minimum absolute atomic E-state index is 0.101. The topological polar surface area (TPSA) is 72.8 Å². The highest BCUT2D eigenvalue weighted by atomic mass is 15.2. The Labute approximate surface area is 174 Å². The van der Waals surface area contributed by atoms with E-state index in [4.69, 9.17) is 9.98 Å². The van der Waals surface area contributed by atoms with Crippen molar-refractivity contribution in [3.8, 4) is 0 Å². The van der Waals surface area contributed by atoms with Crippen molar-refractivity contribution in [2.24, 2.45) is 9.98 Å². The smallest absolute Gasteiger partial charge is 0.140 e. The number of allylic oxidation sites excluding steroid dienone is 2. The second-order valence-electron chi connectivity index (χ2n) is 8.17. The van der Waals surface area contributed by atoms with Crippen molar-refractivity contribution < 1.29 is 0 Å². The van der Waals surface area contributed by atoms with Gasteiger partial charge in [-0.05, 0) is 47.1 Å². The normalized spacial score (nSPS) is 34.4. The standard InChI is InChI=1S/C24H20N6/c1-2-14-6-10-18-26-20-12-8-16-4-3-15-7-11-19(29-23(15)24(16)30-20)25-17-9-5-13(1)21(27-17)22(14)28-18/h1-12,17,20-22,27,30H,(H,26,28)(H,25,29). The van der Waals surface area contributed by atoms with Gasteiger partial charge in [-0.15, -0.1) is 0 Å². The van der Waals surface area contributed by atoms with E-state index in [-0.39, 0.29) is 24.4 Å². The van der Waals surface area contributed by atoms with Gasteiger partial charge < -0.3 is 16.0 Å². The van der Waals surface area contributed by atoms with Gasteiger partial charge in [-0.2, -0.15) is 0 Å². The fourth-order valence-corrected chi connectivity index (χ4v) is 4.83. The first-order valence-electron chi connectivity index (χ1n) is 10.3. The van der Waals surface area contributed by atoms with Gasteiger partial charge in [0.15, 0.2) is 0 Å². The third-order valence-corrected chi connectivity index (χ3v) is 6.33. The molecule has 0 spiro atoms. The Hall–Kier alpha value is -3.64. The Kier molecular flexibility index (Phi) is 3.20. The van der Waals surface area contributed by atoms with Crippen LogP contribution in [0.3, 0.4) is 0 Å². The number of hydrogen-bond donors (Lipinski definition) is 4. The Balaban J connectivity index is 1.42. The van der Waals surface area contributed by atoms with E-state index >= 15 is 0 Å². The van der Waals surface area contributed by atoms with Gasteiger partial charge in [0.2, 0.25) is 0 Å². The molecule has 30 heavy (non-hydrogen) atoms. The van der Waals surface area contributed by atoms with Crippen LogP contribution in [0.25, 0.3) is 12.2 Å². The van der Waals surface area contributed by atoms with Crippen LogP contribution in [0.5, 0.6) is 0 Å². The minimum atomic E-state index is -0.136. The van der Waals surface area contributed by atoms with Crippen molar-refractivity contribution in [1.29, 1.82) is 0 Å². The first-order valence-corrected chi connectivity index (χ1v) is 10.3. The van der Waals surface area contributed by atoms with Gasteiger partial charge in [0, 0.05) is 5.56 Å². The number of nitrogens with one attached hydrogen (secondary N) is 4. The summed E-state index contributed by atoms with van der Waals surface area (Å²) in [5, 5.41) is 14.5. The Morgan fingerprint density at radius 3 is 2.33 bits per heavy atom. The molecule has 8 bridgehead atoms. The van der Waals surface area contributed by atoms with E-state index in [1.54, 1.807) is 0 Å². The largest absolute Gasteiger partial charge is 0.362 e. The van der Waals surface area contributed by atoms with Crippen molar-refractivity contribution in [3.05, 3.63) is 83.0 Å².